The number of rotatable bonds is 6. The zero-order chi connectivity index (χ0) is 18.6. The van der Waals surface area contributed by atoms with E-state index in [-0.39, 0.29) is 18.6 Å². The molecule has 25 heavy (non-hydrogen) atoms. The van der Waals surface area contributed by atoms with Gasteiger partial charge in [0.25, 0.3) is 5.91 Å². The van der Waals surface area contributed by atoms with Crippen molar-refractivity contribution in [3.05, 3.63) is 52.3 Å². The van der Waals surface area contributed by atoms with E-state index in [0.717, 1.165) is 11.3 Å². The molecule has 1 heterocycles. The molecule has 1 aromatic heterocycles. The van der Waals surface area contributed by atoms with Crippen LogP contribution >= 0.6 is 0 Å². The molecule has 0 bridgehead atoms. The second-order valence-corrected chi connectivity index (χ2v) is 6.49. The largest absolute Gasteiger partial charge is 0.452 e. The van der Waals surface area contributed by atoms with Gasteiger partial charge in [-0.25, -0.2) is 4.79 Å². The maximum atomic E-state index is 12.3. The molecule has 0 saturated carbocycles. The number of benzene rings is 1. The van der Waals surface area contributed by atoms with E-state index >= 15 is 0 Å². The van der Waals surface area contributed by atoms with Crippen molar-refractivity contribution >= 4 is 11.9 Å². The summed E-state index contributed by atoms with van der Waals surface area (Å²) >= 11 is 0. The third-order valence-electron chi connectivity index (χ3n) is 3.82. The molecule has 0 atom stereocenters. The Morgan fingerprint density at radius 1 is 1.16 bits per heavy atom. The summed E-state index contributed by atoms with van der Waals surface area (Å²) in [4.78, 5) is 24.0. The Hall–Kier alpha value is -2.63. The van der Waals surface area contributed by atoms with Crippen molar-refractivity contribution in [3.8, 4) is 0 Å². The number of amides is 1. The Morgan fingerprint density at radius 2 is 1.80 bits per heavy atom. The quantitative estimate of drug-likeness (QED) is 0.818. The van der Waals surface area contributed by atoms with E-state index in [2.05, 4.69) is 10.4 Å². The van der Waals surface area contributed by atoms with Crippen LogP contribution in [0.1, 0.15) is 46.7 Å². The van der Waals surface area contributed by atoms with Gasteiger partial charge < -0.3 is 10.1 Å². The molecule has 0 aliphatic rings. The summed E-state index contributed by atoms with van der Waals surface area (Å²) < 4.78 is 6.91. The van der Waals surface area contributed by atoms with Crippen molar-refractivity contribution in [1.82, 2.24) is 15.1 Å². The molecule has 0 saturated heterocycles. The Balaban J connectivity index is 2.09. The van der Waals surface area contributed by atoms with E-state index < -0.39 is 5.97 Å². The minimum Gasteiger partial charge on any atom is -0.452 e. The number of ether oxygens (including phenoxy) is 1. The van der Waals surface area contributed by atoms with E-state index in [9.17, 15) is 9.59 Å². The highest BCUT2D eigenvalue weighted by Gasteiger charge is 2.21. The van der Waals surface area contributed by atoms with Crippen molar-refractivity contribution < 1.29 is 14.3 Å². The first-order valence-electron chi connectivity index (χ1n) is 8.34. The molecule has 0 aliphatic heterocycles. The molecule has 0 aliphatic carbocycles. The molecule has 2 rings (SSSR count). The number of hydrogen-bond acceptors (Lipinski definition) is 4. The van der Waals surface area contributed by atoms with E-state index in [1.54, 1.807) is 11.6 Å². The molecule has 6 heteroatoms. The lowest BCUT2D eigenvalue weighted by molar-refractivity contribution is -0.124. The van der Waals surface area contributed by atoms with Gasteiger partial charge in [0.1, 0.15) is 5.56 Å². The monoisotopic (exact) mass is 343 g/mol. The number of carbonyl (C=O) groups is 2. The van der Waals surface area contributed by atoms with Crippen molar-refractivity contribution in [1.29, 1.82) is 0 Å². The summed E-state index contributed by atoms with van der Waals surface area (Å²) in [6.07, 6.45) is 0. The highest BCUT2D eigenvalue weighted by atomic mass is 16.5. The molecule has 6 nitrogen and oxygen atoms in total. The zero-order valence-electron chi connectivity index (χ0n) is 15.4. The number of carbonyl (C=O) groups excluding carboxylic acids is 2. The van der Waals surface area contributed by atoms with Gasteiger partial charge in [-0.15, -0.1) is 0 Å². The van der Waals surface area contributed by atoms with Crippen LogP contribution in [0, 0.1) is 20.8 Å². The number of nitrogens with one attached hydrogen (secondary N) is 1. The minimum atomic E-state index is -0.524. The fraction of sp³-hybridized carbons (Fsp3) is 0.421. The maximum Gasteiger partial charge on any atom is 0.342 e. The van der Waals surface area contributed by atoms with Crippen LogP contribution in [-0.2, 0) is 16.1 Å². The molecule has 1 amide bonds. The summed E-state index contributed by atoms with van der Waals surface area (Å²) in [6, 6.07) is 8.18. The van der Waals surface area contributed by atoms with Crippen molar-refractivity contribution in [2.45, 2.75) is 47.2 Å². The van der Waals surface area contributed by atoms with Crippen molar-refractivity contribution in [3.63, 3.8) is 0 Å². The molecule has 134 valence electrons. The van der Waals surface area contributed by atoms with Crippen molar-refractivity contribution in [2.24, 2.45) is 0 Å². The third-order valence-corrected chi connectivity index (χ3v) is 3.82. The standard InChI is InChI=1S/C19H25N3O3/c1-12(2)20-17(23)11-25-19(24)18-14(4)21-22(15(18)5)10-16-8-6-13(3)7-9-16/h6-9,12H,10-11H2,1-5H3,(H,20,23). The molecule has 0 spiro atoms. The first-order chi connectivity index (χ1) is 11.8. The van der Waals surface area contributed by atoms with Gasteiger partial charge in [-0.2, -0.15) is 5.10 Å². The summed E-state index contributed by atoms with van der Waals surface area (Å²) in [5.41, 5.74) is 4.05. The smallest absolute Gasteiger partial charge is 0.342 e. The van der Waals surface area contributed by atoms with Crippen LogP contribution in [0.3, 0.4) is 0 Å². The van der Waals surface area contributed by atoms with E-state index in [1.807, 2.05) is 52.0 Å². The minimum absolute atomic E-state index is 0.00642. The van der Waals surface area contributed by atoms with Crippen LogP contribution in [-0.4, -0.2) is 34.3 Å². The van der Waals surface area contributed by atoms with Crippen LogP contribution < -0.4 is 5.32 Å². The first kappa shape index (κ1) is 18.7. The normalized spacial score (nSPS) is 10.8. The van der Waals surface area contributed by atoms with Crippen LogP contribution in [0.15, 0.2) is 24.3 Å². The number of esters is 1. The van der Waals surface area contributed by atoms with Gasteiger partial charge in [-0.1, -0.05) is 29.8 Å². The predicted molar refractivity (Wildman–Crippen MR) is 95.5 cm³/mol. The Labute approximate surface area is 148 Å². The van der Waals surface area contributed by atoms with Gasteiger partial charge in [0.05, 0.1) is 17.9 Å². The third kappa shape index (κ3) is 4.92. The number of hydrogen-bond donors (Lipinski definition) is 1. The number of aromatic nitrogens is 2. The average Bonchev–Trinajstić information content (AvgIpc) is 2.81. The molecule has 2 aromatic rings. The highest BCUT2D eigenvalue weighted by molar-refractivity contribution is 5.93. The lowest BCUT2D eigenvalue weighted by Crippen LogP contribution is -2.34. The van der Waals surface area contributed by atoms with Gasteiger partial charge >= 0.3 is 5.97 Å². The lowest BCUT2D eigenvalue weighted by atomic mass is 10.1. The van der Waals surface area contributed by atoms with Gasteiger partial charge in [-0.3, -0.25) is 9.48 Å². The Morgan fingerprint density at radius 3 is 2.40 bits per heavy atom. The summed E-state index contributed by atoms with van der Waals surface area (Å²) in [5, 5.41) is 7.12. The Kier molecular flexibility index (Phi) is 5.96. The van der Waals surface area contributed by atoms with Gasteiger partial charge in [0, 0.05) is 6.04 Å². The number of aryl methyl sites for hydroxylation is 2. The number of nitrogens with zero attached hydrogens (tertiary/aromatic N) is 2. The van der Waals surface area contributed by atoms with Crippen LogP contribution in [0.5, 0.6) is 0 Å². The topological polar surface area (TPSA) is 73.2 Å². The van der Waals surface area contributed by atoms with Crippen LogP contribution in [0.4, 0.5) is 0 Å². The fourth-order valence-electron chi connectivity index (χ4n) is 2.58. The summed E-state index contributed by atoms with van der Waals surface area (Å²) in [7, 11) is 0. The second kappa shape index (κ2) is 7.96. The maximum absolute atomic E-state index is 12.3. The highest BCUT2D eigenvalue weighted by Crippen LogP contribution is 2.16. The average molecular weight is 343 g/mol. The molecule has 0 unspecified atom stereocenters. The summed E-state index contributed by atoms with van der Waals surface area (Å²) in [6.45, 7) is 9.62. The van der Waals surface area contributed by atoms with Crippen LogP contribution in [0.2, 0.25) is 0 Å². The molecule has 0 radical (unpaired) electrons. The molecule has 0 fully saturated rings. The molecule has 1 N–H and O–H groups in total. The molecular formula is C19H25N3O3. The van der Waals surface area contributed by atoms with Crippen LogP contribution in [0.25, 0.3) is 0 Å². The fourth-order valence-corrected chi connectivity index (χ4v) is 2.58. The Bertz CT molecular complexity index is 761. The van der Waals surface area contributed by atoms with Gasteiger partial charge in [0.15, 0.2) is 6.61 Å². The van der Waals surface area contributed by atoms with Crippen molar-refractivity contribution in [2.75, 3.05) is 6.61 Å². The molecular weight excluding hydrogens is 318 g/mol. The predicted octanol–water partition coefficient (Wildman–Crippen LogP) is 2.54. The van der Waals surface area contributed by atoms with Gasteiger partial charge in [-0.05, 0) is 40.2 Å². The zero-order valence-corrected chi connectivity index (χ0v) is 15.4. The SMILES string of the molecule is Cc1ccc(Cn2nc(C)c(C(=O)OCC(=O)NC(C)C)c2C)cc1. The summed E-state index contributed by atoms with van der Waals surface area (Å²) in [5.74, 6) is -0.838. The first-order valence-corrected chi connectivity index (χ1v) is 8.34. The molecule has 1 aromatic carbocycles. The van der Waals surface area contributed by atoms with Gasteiger partial charge in [0.2, 0.25) is 0 Å². The van der Waals surface area contributed by atoms with E-state index in [4.69, 9.17) is 4.74 Å². The van der Waals surface area contributed by atoms with E-state index in [1.165, 1.54) is 5.56 Å². The van der Waals surface area contributed by atoms with E-state index in [0.29, 0.717) is 17.8 Å². The lowest BCUT2D eigenvalue weighted by Gasteiger charge is -2.09. The second-order valence-electron chi connectivity index (χ2n) is 6.49.